The fraction of sp³-hybridized carbons (Fsp3) is 0.154. The van der Waals surface area contributed by atoms with Gasteiger partial charge in [-0.25, -0.2) is 15.0 Å². The molecule has 5 nitrogen and oxygen atoms in total. The first kappa shape index (κ1) is 13.3. The number of halogens is 2. The Morgan fingerprint density at radius 1 is 1.30 bits per heavy atom. The molecule has 7 heteroatoms. The first-order chi connectivity index (χ1) is 9.56. The summed E-state index contributed by atoms with van der Waals surface area (Å²) < 4.78 is 1.85. The normalized spacial score (nSPS) is 17.9. The molecule has 1 aromatic heterocycles. The Morgan fingerprint density at radius 2 is 2.10 bits per heavy atom. The van der Waals surface area contributed by atoms with Crippen molar-refractivity contribution in [1.82, 2.24) is 15.8 Å². The molecule has 0 spiro atoms. The zero-order chi connectivity index (χ0) is 14.3. The Hall–Kier alpha value is -1.69. The van der Waals surface area contributed by atoms with Crippen LogP contribution in [0.4, 0.5) is 0 Å². The summed E-state index contributed by atoms with van der Waals surface area (Å²) in [6.07, 6.45) is 3.68. The molecule has 0 saturated heterocycles. The molecule has 0 amide bonds. The topological polar surface area (TPSA) is 64.0 Å². The van der Waals surface area contributed by atoms with Crippen molar-refractivity contribution in [2.75, 3.05) is 0 Å². The highest BCUT2D eigenvalue weighted by atomic mass is 35.5. The standard InChI is InChI=1S/C13H12Cl2N4O/c1-19-12(15)6-16-13(19)10-5-9(17-18-10)8-4-7(14)2-3-11(8)20/h2-6,10,17-18,20H,1H3/p+1. The van der Waals surface area contributed by atoms with Crippen LogP contribution in [0.1, 0.15) is 17.4 Å². The quantitative estimate of drug-likeness (QED) is 0.642. The summed E-state index contributed by atoms with van der Waals surface area (Å²) in [5, 5.41) is 11.1. The van der Waals surface area contributed by atoms with Crippen molar-refractivity contribution in [3.8, 4) is 5.75 Å². The number of imidazole rings is 1. The van der Waals surface area contributed by atoms with Gasteiger partial charge in [0, 0.05) is 10.6 Å². The van der Waals surface area contributed by atoms with Crippen LogP contribution in [-0.4, -0.2) is 10.1 Å². The number of nitrogens with zero attached hydrogens (tertiary/aromatic N) is 1. The Balaban J connectivity index is 1.95. The number of benzene rings is 1. The average molecular weight is 312 g/mol. The van der Waals surface area contributed by atoms with Gasteiger partial charge in [-0.1, -0.05) is 11.6 Å². The summed E-state index contributed by atoms with van der Waals surface area (Å²) in [5.74, 6) is 1.07. The molecule has 0 aliphatic carbocycles. The van der Waals surface area contributed by atoms with Crippen molar-refractivity contribution < 1.29 is 9.67 Å². The minimum atomic E-state index is -0.0825. The third-order valence-electron chi connectivity index (χ3n) is 3.26. The number of hydrazine groups is 1. The van der Waals surface area contributed by atoms with Crippen LogP contribution < -0.4 is 15.4 Å². The van der Waals surface area contributed by atoms with E-state index in [1.54, 1.807) is 24.4 Å². The lowest BCUT2D eigenvalue weighted by Gasteiger charge is -2.07. The van der Waals surface area contributed by atoms with Gasteiger partial charge < -0.3 is 10.5 Å². The number of nitrogens with one attached hydrogen (secondary N) is 3. The summed E-state index contributed by atoms with van der Waals surface area (Å²) in [5.41, 5.74) is 7.57. The van der Waals surface area contributed by atoms with Crippen molar-refractivity contribution >= 4 is 28.9 Å². The van der Waals surface area contributed by atoms with Crippen molar-refractivity contribution in [3.63, 3.8) is 0 Å². The highest BCUT2D eigenvalue weighted by Gasteiger charge is 2.27. The second kappa shape index (κ2) is 5.01. The Bertz CT molecular complexity index is 696. The van der Waals surface area contributed by atoms with E-state index in [0.717, 1.165) is 11.5 Å². The minimum Gasteiger partial charge on any atom is -0.507 e. The van der Waals surface area contributed by atoms with Crippen molar-refractivity contribution in [3.05, 3.63) is 52.0 Å². The number of aromatic amines is 1. The van der Waals surface area contributed by atoms with Crippen LogP contribution in [0.3, 0.4) is 0 Å². The molecule has 0 radical (unpaired) electrons. The van der Waals surface area contributed by atoms with Crippen LogP contribution >= 0.6 is 23.2 Å². The largest absolute Gasteiger partial charge is 0.507 e. The van der Waals surface area contributed by atoms with Crippen LogP contribution in [-0.2, 0) is 7.05 Å². The highest BCUT2D eigenvalue weighted by Crippen LogP contribution is 2.30. The molecule has 1 aliphatic heterocycles. The smallest absolute Gasteiger partial charge is 0.278 e. The number of H-pyrrole nitrogens is 1. The van der Waals surface area contributed by atoms with Crippen LogP contribution in [0, 0.1) is 0 Å². The molecule has 2 aromatic rings. The number of hydrogen-bond acceptors (Lipinski definition) is 3. The fourth-order valence-corrected chi connectivity index (χ4v) is 2.49. The molecule has 3 rings (SSSR count). The average Bonchev–Trinajstić information content (AvgIpc) is 3.01. The summed E-state index contributed by atoms with van der Waals surface area (Å²) in [7, 11) is 1.87. The van der Waals surface area contributed by atoms with E-state index in [0.29, 0.717) is 15.7 Å². The number of rotatable bonds is 2. The molecule has 20 heavy (non-hydrogen) atoms. The predicted molar refractivity (Wildman–Crippen MR) is 77.1 cm³/mol. The lowest BCUT2D eigenvalue weighted by Crippen LogP contribution is -2.38. The van der Waals surface area contributed by atoms with Gasteiger partial charge in [0.2, 0.25) is 5.15 Å². The Kier molecular flexibility index (Phi) is 3.33. The first-order valence-electron chi connectivity index (χ1n) is 6.01. The maximum atomic E-state index is 9.91. The number of phenolic OH excluding ortho intramolecular Hbond substituents is 1. The molecule has 4 N–H and O–H groups in total. The van der Waals surface area contributed by atoms with Crippen LogP contribution in [0.2, 0.25) is 10.2 Å². The molecule has 1 unspecified atom stereocenters. The predicted octanol–water partition coefficient (Wildman–Crippen LogP) is 2.04. The third-order valence-corrected chi connectivity index (χ3v) is 3.86. The lowest BCUT2D eigenvalue weighted by atomic mass is 10.1. The molecule has 104 valence electrons. The summed E-state index contributed by atoms with van der Waals surface area (Å²) in [6.45, 7) is 0. The van der Waals surface area contributed by atoms with Crippen molar-refractivity contribution in [1.29, 1.82) is 0 Å². The van der Waals surface area contributed by atoms with Crippen LogP contribution in [0.25, 0.3) is 5.70 Å². The zero-order valence-electron chi connectivity index (χ0n) is 10.6. The van der Waals surface area contributed by atoms with Gasteiger partial charge >= 0.3 is 0 Å². The fourth-order valence-electron chi connectivity index (χ4n) is 2.17. The summed E-state index contributed by atoms with van der Waals surface area (Å²) in [4.78, 5) is 3.11. The molecule has 1 aromatic carbocycles. The maximum Gasteiger partial charge on any atom is 0.278 e. The Labute approximate surface area is 125 Å². The van der Waals surface area contributed by atoms with Gasteiger partial charge in [-0.05, 0) is 35.9 Å². The maximum absolute atomic E-state index is 9.91. The monoisotopic (exact) mass is 311 g/mol. The van der Waals surface area contributed by atoms with Gasteiger partial charge in [-0.2, -0.15) is 0 Å². The SMILES string of the molecule is C[n+]1c(Cl)c[nH]c1C1C=C(c2cc(Cl)ccc2O)NN1. The lowest BCUT2D eigenvalue weighted by molar-refractivity contribution is -0.676. The van der Waals surface area contributed by atoms with E-state index >= 15 is 0 Å². The number of aromatic hydroxyl groups is 1. The number of hydrogen-bond donors (Lipinski definition) is 4. The van der Waals surface area contributed by atoms with E-state index < -0.39 is 0 Å². The van der Waals surface area contributed by atoms with E-state index in [1.165, 1.54) is 0 Å². The molecule has 1 atom stereocenters. The highest BCUT2D eigenvalue weighted by molar-refractivity contribution is 6.30. The van der Waals surface area contributed by atoms with Gasteiger partial charge in [0.15, 0.2) is 0 Å². The molecule has 0 saturated carbocycles. The van der Waals surface area contributed by atoms with Crippen LogP contribution in [0.5, 0.6) is 5.75 Å². The van der Waals surface area contributed by atoms with E-state index in [2.05, 4.69) is 15.8 Å². The molecule has 1 aliphatic rings. The van der Waals surface area contributed by atoms with Crippen LogP contribution in [0.15, 0.2) is 30.5 Å². The second-order valence-electron chi connectivity index (χ2n) is 4.54. The van der Waals surface area contributed by atoms with E-state index in [4.69, 9.17) is 23.2 Å². The molecule has 2 heterocycles. The third kappa shape index (κ3) is 2.24. The van der Waals surface area contributed by atoms with Crippen molar-refractivity contribution in [2.45, 2.75) is 6.04 Å². The molecule has 0 bridgehead atoms. The molecular formula is C13H13Cl2N4O+. The Morgan fingerprint density at radius 3 is 2.80 bits per heavy atom. The summed E-state index contributed by atoms with van der Waals surface area (Å²) in [6, 6.07) is 4.84. The van der Waals surface area contributed by atoms with Gasteiger partial charge in [0.25, 0.3) is 5.82 Å². The number of phenols is 1. The van der Waals surface area contributed by atoms with E-state index in [9.17, 15) is 5.11 Å². The zero-order valence-corrected chi connectivity index (χ0v) is 12.1. The van der Waals surface area contributed by atoms with Gasteiger partial charge in [-0.3, -0.25) is 0 Å². The van der Waals surface area contributed by atoms with Gasteiger partial charge in [-0.15, -0.1) is 0 Å². The van der Waals surface area contributed by atoms with E-state index in [1.807, 2.05) is 17.7 Å². The second-order valence-corrected chi connectivity index (χ2v) is 5.37. The summed E-state index contributed by atoms with van der Waals surface area (Å²) >= 11 is 12.0. The number of aromatic nitrogens is 2. The molecule has 0 fully saturated rings. The first-order valence-corrected chi connectivity index (χ1v) is 6.77. The van der Waals surface area contributed by atoms with E-state index in [-0.39, 0.29) is 11.8 Å². The molecular weight excluding hydrogens is 299 g/mol. The van der Waals surface area contributed by atoms with Gasteiger partial charge in [0.1, 0.15) is 18.0 Å². The van der Waals surface area contributed by atoms with Gasteiger partial charge in [0.05, 0.1) is 12.7 Å². The van der Waals surface area contributed by atoms with Crippen molar-refractivity contribution in [2.24, 2.45) is 7.05 Å². The minimum absolute atomic E-state index is 0.0825.